The molecule has 0 aromatic carbocycles. The topological polar surface area (TPSA) is 37.6 Å². The molecular weight excluding hydrogens is 250 g/mol. The minimum absolute atomic E-state index is 0.0124. The Morgan fingerprint density at radius 2 is 2.20 bits per heavy atom. The minimum Gasteiger partial charge on any atom is -0.295 e. The molecule has 1 fully saturated rings. The molecule has 1 saturated heterocycles. The Bertz CT molecular complexity index is 677. The van der Waals surface area contributed by atoms with Crippen molar-refractivity contribution < 1.29 is 0 Å². The molecule has 1 atom stereocenters. The van der Waals surface area contributed by atoms with Gasteiger partial charge in [-0.05, 0) is 44.9 Å². The summed E-state index contributed by atoms with van der Waals surface area (Å²) in [6, 6.07) is 6.17. The fourth-order valence-electron chi connectivity index (χ4n) is 2.94. The molecule has 4 heteroatoms. The number of hydrogen-bond donors (Lipinski definition) is 0. The van der Waals surface area contributed by atoms with Gasteiger partial charge in [0.15, 0.2) is 0 Å². The first-order valence-electron chi connectivity index (χ1n) is 7.36. The number of nitrogens with zero attached hydrogens (tertiary/aromatic N) is 3. The number of fused-ring (bicyclic) bond motifs is 1. The van der Waals surface area contributed by atoms with Crippen molar-refractivity contribution in [3.8, 4) is 0 Å². The van der Waals surface area contributed by atoms with Gasteiger partial charge in [-0.2, -0.15) is 0 Å². The molecule has 2 aromatic heterocycles. The number of aromatic nitrogens is 2. The van der Waals surface area contributed by atoms with Crippen LogP contribution in [0.25, 0.3) is 5.65 Å². The van der Waals surface area contributed by atoms with Crippen molar-refractivity contribution in [2.24, 2.45) is 0 Å². The second-order valence-corrected chi connectivity index (χ2v) is 5.84. The Kier molecular flexibility index (Phi) is 3.57. The molecule has 20 heavy (non-hydrogen) atoms. The maximum atomic E-state index is 12.2. The molecule has 0 unspecified atom stereocenters. The van der Waals surface area contributed by atoms with Crippen LogP contribution in [0.1, 0.15) is 37.4 Å². The zero-order valence-corrected chi connectivity index (χ0v) is 12.2. The minimum atomic E-state index is 0.0124. The average molecular weight is 271 g/mol. The molecule has 0 aliphatic carbocycles. The maximum Gasteiger partial charge on any atom is 0.258 e. The molecule has 4 nitrogen and oxygen atoms in total. The van der Waals surface area contributed by atoms with Gasteiger partial charge in [-0.15, -0.1) is 0 Å². The van der Waals surface area contributed by atoms with Crippen LogP contribution in [0, 0.1) is 6.92 Å². The van der Waals surface area contributed by atoms with Gasteiger partial charge in [0.05, 0.1) is 5.69 Å². The molecule has 0 amide bonds. The van der Waals surface area contributed by atoms with E-state index < -0.39 is 0 Å². The second kappa shape index (κ2) is 5.37. The van der Waals surface area contributed by atoms with E-state index in [2.05, 4.69) is 16.8 Å². The van der Waals surface area contributed by atoms with Gasteiger partial charge < -0.3 is 0 Å². The van der Waals surface area contributed by atoms with E-state index in [1.54, 1.807) is 10.5 Å². The van der Waals surface area contributed by atoms with E-state index in [9.17, 15) is 4.79 Å². The van der Waals surface area contributed by atoms with E-state index in [0.717, 1.165) is 30.0 Å². The average Bonchev–Trinajstić information content (AvgIpc) is 2.42. The molecule has 3 rings (SSSR count). The quantitative estimate of drug-likeness (QED) is 0.841. The maximum absolute atomic E-state index is 12.2. The van der Waals surface area contributed by atoms with Crippen LogP contribution < -0.4 is 5.56 Å². The van der Waals surface area contributed by atoms with E-state index in [4.69, 9.17) is 0 Å². The fraction of sp³-hybridized carbons (Fsp3) is 0.500. The van der Waals surface area contributed by atoms with Crippen molar-refractivity contribution in [3.05, 3.63) is 46.0 Å². The predicted molar refractivity (Wildman–Crippen MR) is 79.9 cm³/mol. The molecule has 106 valence electrons. The third kappa shape index (κ3) is 2.61. The Labute approximate surface area is 119 Å². The summed E-state index contributed by atoms with van der Waals surface area (Å²) in [6.07, 6.45) is 5.64. The van der Waals surface area contributed by atoms with Gasteiger partial charge in [0.25, 0.3) is 5.56 Å². The number of rotatable bonds is 2. The highest BCUT2D eigenvalue weighted by atomic mass is 16.1. The number of piperidine rings is 1. The zero-order valence-electron chi connectivity index (χ0n) is 12.2. The SMILES string of the molecule is Cc1ccc2nc(CN3CCCC[C@@H]3C)cc(=O)n2c1. The molecule has 3 heterocycles. The molecule has 1 aliphatic heterocycles. The lowest BCUT2D eigenvalue weighted by molar-refractivity contribution is 0.151. The highest BCUT2D eigenvalue weighted by Crippen LogP contribution is 2.18. The summed E-state index contributed by atoms with van der Waals surface area (Å²) in [5.74, 6) is 0. The Morgan fingerprint density at radius 1 is 1.35 bits per heavy atom. The van der Waals surface area contributed by atoms with Crippen molar-refractivity contribution in [3.63, 3.8) is 0 Å². The van der Waals surface area contributed by atoms with Gasteiger partial charge in [0.1, 0.15) is 5.65 Å². The Balaban J connectivity index is 1.92. The third-order valence-corrected chi connectivity index (χ3v) is 4.17. The summed E-state index contributed by atoms with van der Waals surface area (Å²) in [5, 5.41) is 0. The van der Waals surface area contributed by atoms with E-state index in [1.807, 2.05) is 25.3 Å². The van der Waals surface area contributed by atoms with Crippen LogP contribution in [0.5, 0.6) is 0 Å². The summed E-state index contributed by atoms with van der Waals surface area (Å²) in [4.78, 5) is 19.2. The highest BCUT2D eigenvalue weighted by Gasteiger charge is 2.19. The first-order valence-corrected chi connectivity index (χ1v) is 7.36. The normalized spacial score (nSPS) is 20.4. The first-order chi connectivity index (χ1) is 9.63. The van der Waals surface area contributed by atoms with Crippen LogP contribution in [0.15, 0.2) is 29.2 Å². The lowest BCUT2D eigenvalue weighted by Crippen LogP contribution is -2.37. The van der Waals surface area contributed by atoms with Crippen LogP contribution >= 0.6 is 0 Å². The second-order valence-electron chi connectivity index (χ2n) is 5.84. The first kappa shape index (κ1) is 13.3. The van der Waals surface area contributed by atoms with Crippen molar-refractivity contribution in [1.82, 2.24) is 14.3 Å². The van der Waals surface area contributed by atoms with Crippen LogP contribution in [0.3, 0.4) is 0 Å². The molecule has 0 spiro atoms. The van der Waals surface area contributed by atoms with Gasteiger partial charge in [0.2, 0.25) is 0 Å². The van der Waals surface area contributed by atoms with Gasteiger partial charge in [0, 0.05) is 24.8 Å². The molecular formula is C16H21N3O. The predicted octanol–water partition coefficient (Wildman–Crippen LogP) is 2.38. The van der Waals surface area contributed by atoms with E-state index in [-0.39, 0.29) is 5.56 Å². The van der Waals surface area contributed by atoms with Crippen LogP contribution in [0.2, 0.25) is 0 Å². The lowest BCUT2D eigenvalue weighted by atomic mass is 10.0. The van der Waals surface area contributed by atoms with Gasteiger partial charge in [-0.3, -0.25) is 14.1 Å². The van der Waals surface area contributed by atoms with Crippen molar-refractivity contribution >= 4 is 5.65 Å². The smallest absolute Gasteiger partial charge is 0.258 e. The summed E-state index contributed by atoms with van der Waals surface area (Å²) in [5.41, 5.74) is 2.70. The van der Waals surface area contributed by atoms with Crippen LogP contribution in [-0.2, 0) is 6.54 Å². The van der Waals surface area contributed by atoms with Crippen LogP contribution in [-0.4, -0.2) is 26.9 Å². The number of pyridine rings is 1. The standard InChI is InChI=1S/C16H21N3O/c1-12-6-7-15-17-14(9-16(20)19(15)10-12)11-18-8-4-3-5-13(18)2/h6-7,9-10,13H,3-5,8,11H2,1-2H3/t13-/m0/s1. The van der Waals surface area contributed by atoms with Gasteiger partial charge >= 0.3 is 0 Å². The summed E-state index contributed by atoms with van der Waals surface area (Å²) < 4.78 is 1.62. The molecule has 0 radical (unpaired) electrons. The molecule has 0 N–H and O–H groups in total. The lowest BCUT2D eigenvalue weighted by Gasteiger charge is -2.32. The Morgan fingerprint density at radius 3 is 3.00 bits per heavy atom. The fourth-order valence-corrected chi connectivity index (χ4v) is 2.94. The molecule has 0 saturated carbocycles. The van der Waals surface area contributed by atoms with E-state index in [1.165, 1.54) is 19.3 Å². The van der Waals surface area contributed by atoms with E-state index in [0.29, 0.717) is 6.04 Å². The summed E-state index contributed by atoms with van der Waals surface area (Å²) in [6.45, 7) is 6.13. The number of hydrogen-bond acceptors (Lipinski definition) is 3. The number of aryl methyl sites for hydroxylation is 1. The van der Waals surface area contributed by atoms with Gasteiger partial charge in [-0.25, -0.2) is 4.98 Å². The van der Waals surface area contributed by atoms with Crippen molar-refractivity contribution in [1.29, 1.82) is 0 Å². The molecule has 0 bridgehead atoms. The number of likely N-dealkylation sites (tertiary alicyclic amines) is 1. The summed E-state index contributed by atoms with van der Waals surface area (Å²) in [7, 11) is 0. The Hall–Kier alpha value is -1.68. The summed E-state index contributed by atoms with van der Waals surface area (Å²) >= 11 is 0. The van der Waals surface area contributed by atoms with Crippen molar-refractivity contribution in [2.75, 3.05) is 6.54 Å². The highest BCUT2D eigenvalue weighted by molar-refractivity contribution is 5.39. The van der Waals surface area contributed by atoms with Gasteiger partial charge in [-0.1, -0.05) is 12.5 Å². The van der Waals surface area contributed by atoms with Crippen molar-refractivity contribution in [2.45, 2.75) is 45.7 Å². The monoisotopic (exact) mass is 271 g/mol. The zero-order chi connectivity index (χ0) is 14.1. The van der Waals surface area contributed by atoms with Crippen LogP contribution in [0.4, 0.5) is 0 Å². The molecule has 1 aliphatic rings. The third-order valence-electron chi connectivity index (χ3n) is 4.17. The molecule has 2 aromatic rings. The largest absolute Gasteiger partial charge is 0.295 e. The van der Waals surface area contributed by atoms with E-state index >= 15 is 0 Å².